The normalized spacial score (nSPS) is 12.7. The van der Waals surface area contributed by atoms with Crippen molar-refractivity contribution in [3.8, 4) is 0 Å². The zero-order valence-electron chi connectivity index (χ0n) is 9.82. The predicted octanol–water partition coefficient (Wildman–Crippen LogP) is 1.49. The average Bonchev–Trinajstić information content (AvgIpc) is 2.15. The van der Waals surface area contributed by atoms with Crippen LogP contribution < -0.4 is 10.5 Å². The Morgan fingerprint density at radius 1 is 1.19 bits per heavy atom. The predicted molar refractivity (Wildman–Crippen MR) is 66.4 cm³/mol. The minimum Gasteiger partial charge on any atom is -0.399 e. The molecule has 1 aromatic rings. The molecule has 90 valence electrons. The van der Waals surface area contributed by atoms with Crippen molar-refractivity contribution in [3.63, 3.8) is 0 Å². The van der Waals surface area contributed by atoms with E-state index in [2.05, 4.69) is 4.72 Å². The Kier molecular flexibility index (Phi) is 3.60. The Morgan fingerprint density at radius 3 is 2.12 bits per heavy atom. The van der Waals surface area contributed by atoms with E-state index in [-0.39, 0.29) is 0 Å². The molecule has 0 atom stereocenters. The lowest BCUT2D eigenvalue weighted by Gasteiger charge is -2.19. The van der Waals surface area contributed by atoms with Gasteiger partial charge in [-0.1, -0.05) is 12.1 Å². The SMILES string of the molecule is CC(C)(C)S(=O)(=O)NCc1ccc(N)cc1. The van der Waals surface area contributed by atoms with Crippen molar-refractivity contribution in [2.24, 2.45) is 0 Å². The molecule has 0 heterocycles. The number of rotatable bonds is 3. The van der Waals surface area contributed by atoms with Crippen molar-refractivity contribution >= 4 is 15.7 Å². The maximum atomic E-state index is 11.8. The van der Waals surface area contributed by atoms with E-state index in [9.17, 15) is 8.42 Å². The molecule has 0 unspecified atom stereocenters. The van der Waals surface area contributed by atoms with E-state index in [0.717, 1.165) is 5.56 Å². The minimum absolute atomic E-state index is 0.292. The highest BCUT2D eigenvalue weighted by Crippen LogP contribution is 2.14. The summed E-state index contributed by atoms with van der Waals surface area (Å²) in [4.78, 5) is 0. The van der Waals surface area contributed by atoms with E-state index in [4.69, 9.17) is 5.73 Å². The van der Waals surface area contributed by atoms with Gasteiger partial charge in [0.25, 0.3) is 0 Å². The van der Waals surface area contributed by atoms with Crippen LogP contribution in [0.4, 0.5) is 5.69 Å². The van der Waals surface area contributed by atoms with E-state index in [0.29, 0.717) is 12.2 Å². The Bertz CT molecular complexity index is 444. The fourth-order valence-corrected chi connectivity index (χ4v) is 1.82. The van der Waals surface area contributed by atoms with Crippen molar-refractivity contribution in [2.45, 2.75) is 32.1 Å². The standard InChI is InChI=1S/C11H18N2O2S/c1-11(2,3)16(14,15)13-8-9-4-6-10(12)7-5-9/h4-7,13H,8,12H2,1-3H3. The highest BCUT2D eigenvalue weighted by atomic mass is 32.2. The summed E-state index contributed by atoms with van der Waals surface area (Å²) in [7, 11) is -3.29. The number of hydrogen-bond acceptors (Lipinski definition) is 3. The van der Waals surface area contributed by atoms with Gasteiger partial charge in [-0.2, -0.15) is 0 Å². The van der Waals surface area contributed by atoms with Crippen molar-refractivity contribution in [3.05, 3.63) is 29.8 Å². The number of hydrogen-bond donors (Lipinski definition) is 2. The van der Waals surface area contributed by atoms with Crippen LogP contribution in [0.15, 0.2) is 24.3 Å². The highest BCUT2D eigenvalue weighted by molar-refractivity contribution is 7.90. The van der Waals surface area contributed by atoms with Gasteiger partial charge in [0, 0.05) is 12.2 Å². The quantitative estimate of drug-likeness (QED) is 0.789. The average molecular weight is 242 g/mol. The van der Waals surface area contributed by atoms with E-state index >= 15 is 0 Å². The maximum Gasteiger partial charge on any atom is 0.216 e. The molecule has 0 aliphatic carbocycles. The molecule has 0 aliphatic heterocycles. The van der Waals surface area contributed by atoms with Gasteiger partial charge >= 0.3 is 0 Å². The van der Waals surface area contributed by atoms with Crippen molar-refractivity contribution in [2.75, 3.05) is 5.73 Å². The van der Waals surface area contributed by atoms with Crippen LogP contribution in [0.1, 0.15) is 26.3 Å². The molecule has 0 saturated carbocycles. The molecule has 0 spiro atoms. The van der Waals surface area contributed by atoms with Gasteiger partial charge in [0.15, 0.2) is 0 Å². The third kappa shape index (κ3) is 3.21. The molecule has 5 heteroatoms. The summed E-state index contributed by atoms with van der Waals surface area (Å²) in [6, 6.07) is 7.11. The van der Waals surface area contributed by atoms with Crippen molar-refractivity contribution in [1.82, 2.24) is 4.72 Å². The summed E-state index contributed by atoms with van der Waals surface area (Å²) < 4.78 is 25.3. The molecule has 0 saturated heterocycles. The lowest BCUT2D eigenvalue weighted by atomic mass is 10.2. The van der Waals surface area contributed by atoms with Crippen LogP contribution in [0.2, 0.25) is 0 Å². The summed E-state index contributed by atoms with van der Waals surface area (Å²) in [5, 5.41) is 0. The molecule has 0 bridgehead atoms. The molecule has 4 nitrogen and oxygen atoms in total. The lowest BCUT2D eigenvalue weighted by Crippen LogP contribution is -2.38. The van der Waals surface area contributed by atoms with Gasteiger partial charge in [-0.15, -0.1) is 0 Å². The van der Waals surface area contributed by atoms with Crippen LogP contribution in [0.5, 0.6) is 0 Å². The third-order valence-electron chi connectivity index (χ3n) is 2.25. The second-order valence-electron chi connectivity index (χ2n) is 4.68. The zero-order chi connectivity index (χ0) is 12.4. The first-order chi connectivity index (χ1) is 7.22. The molecular weight excluding hydrogens is 224 g/mol. The number of benzene rings is 1. The van der Waals surface area contributed by atoms with Crippen molar-refractivity contribution in [1.29, 1.82) is 0 Å². The topological polar surface area (TPSA) is 72.2 Å². The second kappa shape index (κ2) is 4.43. The fourth-order valence-electron chi connectivity index (χ4n) is 1.03. The summed E-state index contributed by atoms with van der Waals surface area (Å²) >= 11 is 0. The molecule has 0 aliphatic rings. The van der Waals surface area contributed by atoms with E-state index in [1.54, 1.807) is 45.0 Å². The van der Waals surface area contributed by atoms with E-state index < -0.39 is 14.8 Å². The van der Waals surface area contributed by atoms with Crippen LogP contribution in [0.25, 0.3) is 0 Å². The van der Waals surface area contributed by atoms with Crippen molar-refractivity contribution < 1.29 is 8.42 Å². The van der Waals surface area contributed by atoms with Crippen LogP contribution in [0.3, 0.4) is 0 Å². The van der Waals surface area contributed by atoms with Gasteiger partial charge in [-0.25, -0.2) is 13.1 Å². The third-order valence-corrected chi connectivity index (χ3v) is 4.39. The van der Waals surface area contributed by atoms with Crippen LogP contribution in [-0.2, 0) is 16.6 Å². The Balaban J connectivity index is 2.69. The molecule has 3 N–H and O–H groups in total. The van der Waals surface area contributed by atoms with Crippen LogP contribution >= 0.6 is 0 Å². The Labute approximate surface area is 96.9 Å². The second-order valence-corrected chi connectivity index (χ2v) is 7.20. The highest BCUT2D eigenvalue weighted by Gasteiger charge is 2.28. The molecule has 16 heavy (non-hydrogen) atoms. The number of nitrogens with one attached hydrogen (secondary N) is 1. The van der Waals surface area contributed by atoms with Crippen LogP contribution in [0, 0.1) is 0 Å². The first-order valence-electron chi connectivity index (χ1n) is 5.06. The molecule has 0 radical (unpaired) electrons. The largest absolute Gasteiger partial charge is 0.399 e. The van der Waals surface area contributed by atoms with Gasteiger partial charge < -0.3 is 5.73 Å². The Hall–Kier alpha value is -1.07. The Morgan fingerprint density at radius 2 is 1.69 bits per heavy atom. The van der Waals surface area contributed by atoms with Gasteiger partial charge in [0.2, 0.25) is 10.0 Å². The molecule has 1 rings (SSSR count). The van der Waals surface area contributed by atoms with Crippen LogP contribution in [-0.4, -0.2) is 13.2 Å². The summed E-state index contributed by atoms with van der Waals surface area (Å²) in [5.74, 6) is 0. The smallest absolute Gasteiger partial charge is 0.216 e. The summed E-state index contributed by atoms with van der Waals surface area (Å²) in [6.45, 7) is 5.29. The molecule has 0 amide bonds. The van der Waals surface area contributed by atoms with E-state index in [1.165, 1.54) is 0 Å². The maximum absolute atomic E-state index is 11.8. The molecular formula is C11H18N2O2S. The molecule has 1 aromatic carbocycles. The summed E-state index contributed by atoms with van der Waals surface area (Å²) in [5.41, 5.74) is 7.10. The number of nitrogens with two attached hydrogens (primary N) is 1. The monoisotopic (exact) mass is 242 g/mol. The van der Waals surface area contributed by atoms with Gasteiger partial charge in [-0.05, 0) is 38.5 Å². The lowest BCUT2D eigenvalue weighted by molar-refractivity contribution is 0.544. The van der Waals surface area contributed by atoms with Gasteiger partial charge in [0.1, 0.15) is 0 Å². The summed E-state index contributed by atoms with van der Waals surface area (Å²) in [6.07, 6.45) is 0. The first kappa shape index (κ1) is 13.0. The zero-order valence-corrected chi connectivity index (χ0v) is 10.6. The number of nitrogen functional groups attached to an aromatic ring is 1. The van der Waals surface area contributed by atoms with Gasteiger partial charge in [-0.3, -0.25) is 0 Å². The number of sulfonamides is 1. The molecule has 0 fully saturated rings. The van der Waals surface area contributed by atoms with E-state index in [1.807, 2.05) is 0 Å². The molecule has 0 aromatic heterocycles. The van der Waals surface area contributed by atoms with Gasteiger partial charge in [0.05, 0.1) is 4.75 Å². The number of anilines is 1. The minimum atomic E-state index is -3.29. The fraction of sp³-hybridized carbons (Fsp3) is 0.455. The first-order valence-corrected chi connectivity index (χ1v) is 6.54.